The number of rotatable bonds is 1. The Labute approximate surface area is 69.7 Å². The summed E-state index contributed by atoms with van der Waals surface area (Å²) in [7, 11) is 0. The van der Waals surface area contributed by atoms with Crippen molar-refractivity contribution in [2.24, 2.45) is 0 Å². The summed E-state index contributed by atoms with van der Waals surface area (Å²) in [6.07, 6.45) is 0.690. The van der Waals surface area contributed by atoms with Crippen LogP contribution in [0.25, 0.3) is 0 Å². The summed E-state index contributed by atoms with van der Waals surface area (Å²) in [6, 6.07) is 3.35. The van der Waals surface area contributed by atoms with Gasteiger partial charge in [0.25, 0.3) is 0 Å². The molecule has 0 spiro atoms. The van der Waals surface area contributed by atoms with Crippen LogP contribution in [0.4, 0.5) is 0 Å². The van der Waals surface area contributed by atoms with Gasteiger partial charge >= 0.3 is 0 Å². The van der Waals surface area contributed by atoms with Crippen LogP contribution in [0.15, 0.2) is 6.07 Å². The van der Waals surface area contributed by atoms with Crippen molar-refractivity contribution in [2.75, 3.05) is 0 Å². The molecule has 1 rings (SSSR count). The maximum atomic E-state index is 8.48. The molecule has 1 aromatic rings. The first kappa shape index (κ1) is 7.96. The number of aryl methyl sites for hydroxylation is 1. The second kappa shape index (κ2) is 3.31. The van der Waals surface area contributed by atoms with Gasteiger partial charge in [-0.05, 0) is 0 Å². The minimum Gasteiger partial charge on any atom is -0.222 e. The van der Waals surface area contributed by atoms with Crippen LogP contribution in [0.5, 0.6) is 0 Å². The summed E-state index contributed by atoms with van der Waals surface area (Å²) in [6.45, 7) is 1.91. The van der Waals surface area contributed by atoms with Gasteiger partial charge in [-0.1, -0.05) is 18.5 Å². The van der Waals surface area contributed by atoms with E-state index in [4.69, 9.17) is 16.9 Å². The van der Waals surface area contributed by atoms with Crippen LogP contribution < -0.4 is 0 Å². The third-order valence-corrected chi connectivity index (χ3v) is 1.37. The number of halogens is 1. The Hall–Kier alpha value is -1.14. The standard InChI is InChI=1S/C7H6ClN3/c1-2-7-10-5(4-9)3-6(8)11-7/h3H,2H2,1H3. The van der Waals surface area contributed by atoms with Crippen molar-refractivity contribution in [3.63, 3.8) is 0 Å². The number of hydrogen-bond acceptors (Lipinski definition) is 3. The van der Waals surface area contributed by atoms with Gasteiger partial charge in [0.05, 0.1) is 0 Å². The molecule has 1 aromatic heterocycles. The van der Waals surface area contributed by atoms with Gasteiger partial charge in [-0.15, -0.1) is 0 Å². The molecule has 0 N–H and O–H groups in total. The van der Waals surface area contributed by atoms with Crippen LogP contribution in [0.1, 0.15) is 18.4 Å². The van der Waals surface area contributed by atoms with Crippen molar-refractivity contribution in [3.8, 4) is 6.07 Å². The molecule has 0 aliphatic carbocycles. The van der Waals surface area contributed by atoms with Gasteiger partial charge < -0.3 is 0 Å². The molecule has 11 heavy (non-hydrogen) atoms. The third-order valence-electron chi connectivity index (χ3n) is 1.17. The van der Waals surface area contributed by atoms with Gasteiger partial charge in [0, 0.05) is 12.5 Å². The molecule has 0 radical (unpaired) electrons. The molecule has 0 bridgehead atoms. The Morgan fingerprint density at radius 3 is 2.91 bits per heavy atom. The van der Waals surface area contributed by atoms with Crippen LogP contribution in [-0.2, 0) is 6.42 Å². The van der Waals surface area contributed by atoms with E-state index in [1.807, 2.05) is 13.0 Å². The fraction of sp³-hybridized carbons (Fsp3) is 0.286. The van der Waals surface area contributed by atoms with Crippen LogP contribution in [0.3, 0.4) is 0 Å². The number of aromatic nitrogens is 2. The van der Waals surface area contributed by atoms with Crippen molar-refractivity contribution < 1.29 is 0 Å². The molecule has 0 aliphatic heterocycles. The number of hydrogen-bond donors (Lipinski definition) is 0. The smallest absolute Gasteiger partial charge is 0.145 e. The van der Waals surface area contributed by atoms with Gasteiger partial charge in [-0.3, -0.25) is 0 Å². The first-order valence-electron chi connectivity index (χ1n) is 3.20. The van der Waals surface area contributed by atoms with E-state index in [0.717, 1.165) is 0 Å². The molecule has 1 heterocycles. The molecule has 56 valence electrons. The molecule has 0 saturated heterocycles. The summed E-state index contributed by atoms with van der Waals surface area (Å²) in [5.74, 6) is 0.606. The third kappa shape index (κ3) is 1.89. The van der Waals surface area contributed by atoms with Crippen LogP contribution in [0, 0.1) is 11.3 Å². The maximum absolute atomic E-state index is 8.48. The van der Waals surface area contributed by atoms with Gasteiger partial charge in [0.1, 0.15) is 22.7 Å². The predicted octanol–water partition coefficient (Wildman–Crippen LogP) is 1.56. The molecule has 0 atom stereocenters. The number of nitriles is 1. The average Bonchev–Trinajstić information content (AvgIpc) is 2.03. The van der Waals surface area contributed by atoms with E-state index < -0.39 is 0 Å². The first-order valence-corrected chi connectivity index (χ1v) is 3.57. The Morgan fingerprint density at radius 1 is 1.64 bits per heavy atom. The zero-order valence-electron chi connectivity index (χ0n) is 6.00. The monoisotopic (exact) mass is 167 g/mol. The topological polar surface area (TPSA) is 49.6 Å². The molecular formula is C7H6ClN3. The lowest BCUT2D eigenvalue weighted by Crippen LogP contribution is -1.95. The van der Waals surface area contributed by atoms with Gasteiger partial charge in [0.15, 0.2) is 0 Å². The van der Waals surface area contributed by atoms with Crippen molar-refractivity contribution in [1.29, 1.82) is 5.26 Å². The lowest BCUT2D eigenvalue weighted by molar-refractivity contribution is 0.931. The average molecular weight is 168 g/mol. The van der Waals surface area contributed by atoms with Gasteiger partial charge in [-0.25, -0.2) is 9.97 Å². The lowest BCUT2D eigenvalue weighted by atomic mass is 10.4. The van der Waals surface area contributed by atoms with Crippen molar-refractivity contribution >= 4 is 11.6 Å². The Kier molecular flexibility index (Phi) is 2.40. The van der Waals surface area contributed by atoms with E-state index in [9.17, 15) is 0 Å². The predicted molar refractivity (Wildman–Crippen MR) is 41.1 cm³/mol. The lowest BCUT2D eigenvalue weighted by Gasteiger charge is -1.95. The molecule has 4 heteroatoms. The van der Waals surface area contributed by atoms with E-state index in [1.54, 1.807) is 0 Å². The first-order chi connectivity index (χ1) is 5.26. The zero-order chi connectivity index (χ0) is 8.27. The summed E-state index contributed by atoms with van der Waals surface area (Å²) in [5, 5.41) is 8.81. The highest BCUT2D eigenvalue weighted by Crippen LogP contribution is 2.06. The maximum Gasteiger partial charge on any atom is 0.145 e. The second-order valence-electron chi connectivity index (χ2n) is 1.96. The molecule has 0 amide bonds. The van der Waals surface area contributed by atoms with Gasteiger partial charge in [0.2, 0.25) is 0 Å². The second-order valence-corrected chi connectivity index (χ2v) is 2.34. The highest BCUT2D eigenvalue weighted by Gasteiger charge is 1.99. The Morgan fingerprint density at radius 2 is 2.36 bits per heavy atom. The van der Waals surface area contributed by atoms with Crippen LogP contribution in [0.2, 0.25) is 5.15 Å². The van der Waals surface area contributed by atoms with E-state index in [1.165, 1.54) is 6.07 Å². The summed E-state index contributed by atoms with van der Waals surface area (Å²) >= 11 is 5.61. The molecule has 0 aliphatic rings. The fourth-order valence-electron chi connectivity index (χ4n) is 0.680. The van der Waals surface area contributed by atoms with Crippen molar-refractivity contribution in [2.45, 2.75) is 13.3 Å². The summed E-state index contributed by atoms with van der Waals surface area (Å²) in [5.41, 5.74) is 0.321. The quantitative estimate of drug-likeness (QED) is 0.597. The highest BCUT2D eigenvalue weighted by molar-refractivity contribution is 6.29. The van der Waals surface area contributed by atoms with E-state index in [2.05, 4.69) is 9.97 Å². The van der Waals surface area contributed by atoms with Crippen molar-refractivity contribution in [1.82, 2.24) is 9.97 Å². The summed E-state index contributed by atoms with van der Waals surface area (Å²) in [4.78, 5) is 7.82. The normalized spacial score (nSPS) is 9.18. The Bertz CT molecular complexity index is 303. The summed E-state index contributed by atoms with van der Waals surface area (Å²) < 4.78 is 0. The molecule has 0 fully saturated rings. The molecular weight excluding hydrogens is 162 g/mol. The van der Waals surface area contributed by atoms with E-state index in [-0.39, 0.29) is 0 Å². The van der Waals surface area contributed by atoms with Crippen molar-refractivity contribution in [3.05, 3.63) is 22.7 Å². The zero-order valence-corrected chi connectivity index (χ0v) is 6.76. The molecule has 0 unspecified atom stereocenters. The molecule has 3 nitrogen and oxygen atoms in total. The van der Waals surface area contributed by atoms with Crippen LogP contribution >= 0.6 is 11.6 Å². The highest BCUT2D eigenvalue weighted by atomic mass is 35.5. The Balaban J connectivity index is 3.15. The minimum absolute atomic E-state index is 0.321. The van der Waals surface area contributed by atoms with Gasteiger partial charge in [-0.2, -0.15) is 5.26 Å². The largest absolute Gasteiger partial charge is 0.222 e. The molecule has 0 saturated carbocycles. The SMILES string of the molecule is CCc1nc(Cl)cc(C#N)n1. The number of nitrogens with zero attached hydrogens (tertiary/aromatic N) is 3. The van der Waals surface area contributed by atoms with E-state index >= 15 is 0 Å². The molecule has 0 aromatic carbocycles. The van der Waals surface area contributed by atoms with E-state index in [0.29, 0.717) is 23.1 Å². The minimum atomic E-state index is 0.321. The fourth-order valence-corrected chi connectivity index (χ4v) is 0.881. The van der Waals surface area contributed by atoms with Crippen LogP contribution in [-0.4, -0.2) is 9.97 Å².